The number of halogens is 1. The molecule has 2 amide bonds. The van der Waals surface area contributed by atoms with Gasteiger partial charge in [0, 0.05) is 23.8 Å². The first-order valence-corrected chi connectivity index (χ1v) is 8.66. The maximum atomic E-state index is 12.8. The molecule has 0 fully saturated rings. The van der Waals surface area contributed by atoms with E-state index in [2.05, 4.69) is 0 Å². The molecule has 0 spiro atoms. The van der Waals surface area contributed by atoms with Crippen molar-refractivity contribution in [3.05, 3.63) is 28.8 Å². The Labute approximate surface area is 154 Å². The molecule has 1 aromatic rings. The average molecular weight is 368 g/mol. The summed E-state index contributed by atoms with van der Waals surface area (Å²) in [4.78, 5) is 30.4. The first-order chi connectivity index (χ1) is 11.6. The molecule has 0 radical (unpaired) electrons. The number of ether oxygens (including phenoxy) is 1. The second kappa shape index (κ2) is 7.62. The van der Waals surface area contributed by atoms with Crippen LogP contribution in [0.1, 0.15) is 26.3 Å². The van der Waals surface area contributed by atoms with Gasteiger partial charge in [-0.15, -0.1) is 0 Å². The van der Waals surface area contributed by atoms with Gasteiger partial charge in [0.25, 0.3) is 0 Å². The molecule has 1 aliphatic heterocycles. The van der Waals surface area contributed by atoms with Crippen molar-refractivity contribution in [1.29, 1.82) is 0 Å². The number of carbonyl (C=O) groups excluding carboxylic acids is 2. The monoisotopic (exact) mass is 367 g/mol. The molecule has 6 nitrogen and oxygen atoms in total. The van der Waals surface area contributed by atoms with Crippen molar-refractivity contribution in [3.8, 4) is 0 Å². The molecule has 0 N–H and O–H groups in total. The molecular formula is C18H26ClN3O3. The highest BCUT2D eigenvalue weighted by atomic mass is 35.5. The summed E-state index contributed by atoms with van der Waals surface area (Å²) in [6, 6.07) is 5.40. The van der Waals surface area contributed by atoms with Crippen LogP contribution in [0, 0.1) is 0 Å². The zero-order valence-electron chi connectivity index (χ0n) is 15.5. The third-order valence-corrected chi connectivity index (χ3v) is 3.98. The van der Waals surface area contributed by atoms with Crippen molar-refractivity contribution in [1.82, 2.24) is 9.80 Å². The molecule has 7 heteroatoms. The van der Waals surface area contributed by atoms with Crippen LogP contribution < -0.4 is 4.90 Å². The van der Waals surface area contributed by atoms with Crippen LogP contribution in [0.25, 0.3) is 0 Å². The number of carbonyl (C=O) groups is 2. The number of rotatable bonds is 3. The summed E-state index contributed by atoms with van der Waals surface area (Å²) < 4.78 is 5.43. The van der Waals surface area contributed by atoms with Gasteiger partial charge in [-0.05, 0) is 58.6 Å². The number of anilines is 1. The number of hydrogen-bond acceptors (Lipinski definition) is 4. The zero-order chi connectivity index (χ0) is 18.8. The van der Waals surface area contributed by atoms with E-state index in [1.54, 1.807) is 37.8 Å². The summed E-state index contributed by atoms with van der Waals surface area (Å²) in [5, 5.41) is 0.574. The van der Waals surface area contributed by atoms with E-state index in [0.717, 1.165) is 17.8 Å². The van der Waals surface area contributed by atoms with Crippen molar-refractivity contribution in [2.75, 3.05) is 38.6 Å². The van der Waals surface area contributed by atoms with E-state index in [9.17, 15) is 9.59 Å². The van der Waals surface area contributed by atoms with Crippen molar-refractivity contribution in [3.63, 3.8) is 0 Å². The van der Waals surface area contributed by atoms with Gasteiger partial charge in [-0.25, -0.2) is 4.79 Å². The van der Waals surface area contributed by atoms with E-state index in [1.165, 1.54) is 4.90 Å². The Hall–Kier alpha value is -1.79. The number of likely N-dealkylation sites (N-methyl/N-ethyl adjacent to an activating group) is 1. The van der Waals surface area contributed by atoms with E-state index in [1.807, 2.05) is 25.1 Å². The number of benzene rings is 1. The Morgan fingerprint density at radius 3 is 2.56 bits per heavy atom. The molecule has 0 unspecified atom stereocenters. The van der Waals surface area contributed by atoms with Crippen LogP contribution in [0.15, 0.2) is 18.2 Å². The molecule has 138 valence electrons. The van der Waals surface area contributed by atoms with Crippen molar-refractivity contribution in [2.45, 2.75) is 32.9 Å². The lowest BCUT2D eigenvalue weighted by Crippen LogP contribution is -2.43. The fraction of sp³-hybridized carbons (Fsp3) is 0.556. The van der Waals surface area contributed by atoms with Crippen LogP contribution in [-0.4, -0.2) is 61.1 Å². The van der Waals surface area contributed by atoms with Gasteiger partial charge in [0.15, 0.2) is 0 Å². The highest BCUT2D eigenvalue weighted by molar-refractivity contribution is 6.30. The van der Waals surface area contributed by atoms with Crippen LogP contribution in [0.4, 0.5) is 10.5 Å². The highest BCUT2D eigenvalue weighted by Gasteiger charge is 2.31. The molecule has 0 saturated carbocycles. The minimum atomic E-state index is -0.617. The van der Waals surface area contributed by atoms with Gasteiger partial charge in [-0.2, -0.15) is 0 Å². The average Bonchev–Trinajstić information content (AvgIpc) is 2.59. The molecule has 1 heterocycles. The van der Waals surface area contributed by atoms with Gasteiger partial charge in [-0.3, -0.25) is 9.69 Å². The summed E-state index contributed by atoms with van der Waals surface area (Å²) in [6.45, 7) is 6.95. The standard InChI is InChI=1S/C18H26ClN3O3/c1-18(2,3)25-17(24)21-11-13-10-14(19)6-7-15(13)22(16(23)12-21)9-8-20(4)5/h6-7,10H,8-9,11-12H2,1-5H3. The fourth-order valence-electron chi connectivity index (χ4n) is 2.59. The highest BCUT2D eigenvalue weighted by Crippen LogP contribution is 2.29. The minimum absolute atomic E-state index is 0.0192. The molecule has 2 rings (SSSR count). The second-order valence-corrected chi connectivity index (χ2v) is 7.89. The molecule has 1 aliphatic rings. The van der Waals surface area contributed by atoms with E-state index < -0.39 is 11.7 Å². The lowest BCUT2D eigenvalue weighted by Gasteiger charge is -2.26. The zero-order valence-corrected chi connectivity index (χ0v) is 16.3. The van der Waals surface area contributed by atoms with E-state index in [4.69, 9.17) is 16.3 Å². The van der Waals surface area contributed by atoms with Gasteiger partial charge < -0.3 is 14.5 Å². The third-order valence-electron chi connectivity index (χ3n) is 3.74. The number of hydrogen-bond donors (Lipinski definition) is 0. The van der Waals surface area contributed by atoms with Gasteiger partial charge >= 0.3 is 6.09 Å². The van der Waals surface area contributed by atoms with Crippen LogP contribution in [0.5, 0.6) is 0 Å². The third kappa shape index (κ3) is 5.34. The largest absolute Gasteiger partial charge is 0.444 e. The topological polar surface area (TPSA) is 53.1 Å². The molecule has 0 aromatic heterocycles. The summed E-state index contributed by atoms with van der Waals surface area (Å²) >= 11 is 6.13. The molecule has 0 aliphatic carbocycles. The quantitative estimate of drug-likeness (QED) is 0.824. The summed E-state index contributed by atoms with van der Waals surface area (Å²) in [6.07, 6.45) is -0.499. The molecule has 25 heavy (non-hydrogen) atoms. The number of nitrogens with zero attached hydrogens (tertiary/aromatic N) is 3. The Morgan fingerprint density at radius 1 is 1.28 bits per heavy atom. The second-order valence-electron chi connectivity index (χ2n) is 7.46. The van der Waals surface area contributed by atoms with Crippen molar-refractivity contribution < 1.29 is 14.3 Å². The van der Waals surface area contributed by atoms with E-state index >= 15 is 0 Å². The van der Waals surface area contributed by atoms with E-state index in [-0.39, 0.29) is 19.0 Å². The SMILES string of the molecule is CN(C)CCN1C(=O)CN(C(=O)OC(C)(C)C)Cc2cc(Cl)ccc21. The number of amides is 2. The minimum Gasteiger partial charge on any atom is -0.444 e. The molecule has 0 saturated heterocycles. The van der Waals surface area contributed by atoms with Crippen LogP contribution in [0.2, 0.25) is 5.02 Å². The Morgan fingerprint density at radius 2 is 1.96 bits per heavy atom. The Bertz CT molecular complexity index is 655. The maximum Gasteiger partial charge on any atom is 0.411 e. The smallest absolute Gasteiger partial charge is 0.411 e. The summed E-state index contributed by atoms with van der Waals surface area (Å²) in [5.74, 6) is -0.131. The van der Waals surface area contributed by atoms with Gasteiger partial charge in [0.1, 0.15) is 12.1 Å². The normalized spacial score (nSPS) is 15.2. The predicted molar refractivity (Wildman–Crippen MR) is 99.0 cm³/mol. The van der Waals surface area contributed by atoms with Crippen LogP contribution in [-0.2, 0) is 16.1 Å². The Kier molecular flexibility index (Phi) is 5.95. The lowest BCUT2D eigenvalue weighted by molar-refractivity contribution is -0.119. The van der Waals surface area contributed by atoms with Crippen LogP contribution in [0.3, 0.4) is 0 Å². The van der Waals surface area contributed by atoms with Gasteiger partial charge in [-0.1, -0.05) is 11.6 Å². The molecular weight excluding hydrogens is 342 g/mol. The summed E-state index contributed by atoms with van der Waals surface area (Å²) in [7, 11) is 3.91. The molecule has 0 atom stereocenters. The summed E-state index contributed by atoms with van der Waals surface area (Å²) in [5.41, 5.74) is 1.01. The number of fused-ring (bicyclic) bond motifs is 1. The van der Waals surface area contributed by atoms with E-state index in [0.29, 0.717) is 11.6 Å². The first-order valence-electron chi connectivity index (χ1n) is 8.28. The molecule has 0 bridgehead atoms. The maximum absolute atomic E-state index is 12.8. The van der Waals surface area contributed by atoms with Crippen molar-refractivity contribution in [2.24, 2.45) is 0 Å². The first kappa shape index (κ1) is 19.5. The van der Waals surface area contributed by atoms with Crippen LogP contribution >= 0.6 is 11.6 Å². The molecule has 1 aromatic carbocycles. The Balaban J connectivity index is 2.32. The van der Waals surface area contributed by atoms with Gasteiger partial charge in [0.2, 0.25) is 5.91 Å². The predicted octanol–water partition coefficient (Wildman–Crippen LogP) is 2.99. The van der Waals surface area contributed by atoms with Gasteiger partial charge in [0.05, 0.1) is 6.54 Å². The van der Waals surface area contributed by atoms with Crippen molar-refractivity contribution >= 4 is 29.3 Å². The fourth-order valence-corrected chi connectivity index (χ4v) is 2.78. The lowest BCUT2D eigenvalue weighted by atomic mass is 10.1.